The lowest BCUT2D eigenvalue weighted by Crippen LogP contribution is -2.57. The van der Waals surface area contributed by atoms with Crippen molar-refractivity contribution in [3.05, 3.63) is 41.7 Å². The number of aliphatic carboxylic acids is 7. The molecule has 2 heterocycles. The summed E-state index contributed by atoms with van der Waals surface area (Å²) < 4.78 is 58.0. The van der Waals surface area contributed by atoms with E-state index in [0.29, 0.717) is 5.19 Å². The number of carboxylic acids is 7. The highest BCUT2D eigenvalue weighted by Crippen LogP contribution is 2.51. The minimum Gasteiger partial charge on any atom is -0.481 e. The van der Waals surface area contributed by atoms with E-state index in [1.54, 1.807) is 12.1 Å². The second-order valence-electron chi connectivity index (χ2n) is 29.0. The van der Waals surface area contributed by atoms with Gasteiger partial charge in [-0.05, 0) is 72.3 Å². The Morgan fingerprint density at radius 2 is 0.874 bits per heavy atom. The molecule has 18 N–H and O–H groups in total. The van der Waals surface area contributed by atoms with Gasteiger partial charge in [0.25, 0.3) is 14.3 Å². The summed E-state index contributed by atoms with van der Waals surface area (Å²) in [4.78, 5) is 209. The summed E-state index contributed by atoms with van der Waals surface area (Å²) in [5.41, 5.74) is 0.110. The second-order valence-corrected chi connectivity index (χ2v) is 41.2. The van der Waals surface area contributed by atoms with Crippen LogP contribution in [0.25, 0.3) is 0 Å². The van der Waals surface area contributed by atoms with E-state index in [1.165, 1.54) is 33.0 Å². The molecule has 1 fully saturated rings. The van der Waals surface area contributed by atoms with Gasteiger partial charge in [0.1, 0.15) is 35.9 Å². The van der Waals surface area contributed by atoms with Crippen molar-refractivity contribution in [1.29, 1.82) is 0 Å². The predicted molar refractivity (Wildman–Crippen MR) is 396 cm³/mol. The zero-order valence-corrected chi connectivity index (χ0v) is 66.5. The van der Waals surface area contributed by atoms with Crippen LogP contribution < -0.4 is 47.7 Å². The lowest BCUT2D eigenvalue weighted by molar-refractivity contribution is -0.143. The van der Waals surface area contributed by atoms with Crippen molar-refractivity contribution in [3.8, 4) is 0 Å². The van der Waals surface area contributed by atoms with Gasteiger partial charge in [-0.2, -0.15) is 0 Å². The van der Waals surface area contributed by atoms with Crippen molar-refractivity contribution in [3.63, 3.8) is 0 Å². The van der Waals surface area contributed by atoms with Gasteiger partial charge in [-0.1, -0.05) is 58.9 Å². The summed E-state index contributed by atoms with van der Waals surface area (Å²) >= 11 is 0. The van der Waals surface area contributed by atoms with Crippen LogP contribution in [0.15, 0.2) is 30.5 Å². The van der Waals surface area contributed by atoms with Crippen LogP contribution >= 0.6 is 22.1 Å². The SMILES string of the molecule is CC(C)(C)[Si](F)(c1ccc(C(=O)NC[C@@H](C(=O)N[C@H](CCCCNC(=O)CCC(=O)NCCC[C@@H](NC(=O)CC[C@H](NC(=O)N[C@@H](CCC(=O)O)C(=O)O)C(=O)O)C(=O)O)C(=O)O)n2cc(CNC(=O)CCP(=O)(O)CN3CCN(CP(=O)(O)CCC(=O)O)CCN(CP(=O)(O)CCC(=O)O)CC3)nn2)cc1)C(C)(C)C. The Bertz CT molecular complexity index is 3670. The van der Waals surface area contributed by atoms with Gasteiger partial charge in [-0.25, -0.2) is 28.7 Å². The number of carbonyl (C=O) groups is 14. The van der Waals surface area contributed by atoms with Gasteiger partial charge in [0.15, 0.2) is 0 Å². The fraction of sp³-hybridized carbons (Fsp3) is 0.662. The molecule has 46 heteroatoms. The maximum atomic E-state index is 17.2. The Hall–Kier alpha value is -8.66. The maximum absolute atomic E-state index is 17.2. The molecule has 0 spiro atoms. The van der Waals surface area contributed by atoms with Crippen LogP contribution in [-0.4, -0.2) is 292 Å². The maximum Gasteiger partial charge on any atom is 0.326 e. The molecule has 624 valence electrons. The summed E-state index contributed by atoms with van der Waals surface area (Å²) in [7, 11) is -16.1. The molecule has 3 rings (SSSR count). The molecule has 1 saturated heterocycles. The monoisotopic (exact) mass is 1650 g/mol. The van der Waals surface area contributed by atoms with Gasteiger partial charge < -0.3 is 97.1 Å². The number of urea groups is 1. The van der Waals surface area contributed by atoms with Crippen LogP contribution in [0.3, 0.4) is 0 Å². The molecule has 8 atom stereocenters. The highest BCUT2D eigenvalue weighted by molar-refractivity contribution is 7.58. The lowest BCUT2D eigenvalue weighted by Gasteiger charge is -2.44. The van der Waals surface area contributed by atoms with E-state index in [4.69, 9.17) is 15.3 Å². The van der Waals surface area contributed by atoms with Crippen molar-refractivity contribution in [1.82, 2.24) is 72.2 Å². The molecule has 2 aromatic rings. The molecule has 0 saturated carbocycles. The molecule has 0 aliphatic carbocycles. The molecule has 0 radical (unpaired) electrons. The third kappa shape index (κ3) is 36.1. The number of benzene rings is 1. The van der Waals surface area contributed by atoms with Crippen LogP contribution in [-0.2, 0) is 77.8 Å². The summed E-state index contributed by atoms with van der Waals surface area (Å²) in [6.45, 7) is 10.1. The van der Waals surface area contributed by atoms with E-state index in [2.05, 4.69) is 42.2 Å². The fourth-order valence-corrected chi connectivity index (χ4v) is 21.3. The van der Waals surface area contributed by atoms with Crippen LogP contribution in [0.5, 0.6) is 0 Å². The van der Waals surface area contributed by atoms with Crippen LogP contribution in [0.1, 0.15) is 154 Å². The van der Waals surface area contributed by atoms with Crippen LogP contribution in [0, 0.1) is 0 Å². The third-order valence-electron chi connectivity index (χ3n) is 17.8. The van der Waals surface area contributed by atoms with E-state index in [0.717, 1.165) is 4.68 Å². The topological polar surface area (TPSA) is 629 Å². The number of rotatable bonds is 49. The molecular weight excluding hydrogens is 1550 g/mol. The third-order valence-corrected chi connectivity index (χ3v) is 28.3. The van der Waals surface area contributed by atoms with E-state index in [9.17, 15) is 116 Å². The van der Waals surface area contributed by atoms with Crippen LogP contribution in [0.2, 0.25) is 10.1 Å². The number of aromatic nitrogens is 3. The highest BCUT2D eigenvalue weighted by atomic mass is 31.2. The van der Waals surface area contributed by atoms with E-state index in [-0.39, 0.29) is 115 Å². The molecule has 41 nitrogen and oxygen atoms in total. The Morgan fingerprint density at radius 1 is 0.477 bits per heavy atom. The van der Waals surface area contributed by atoms with Gasteiger partial charge in [-0.15, -0.1) is 5.10 Å². The molecule has 1 aromatic heterocycles. The summed E-state index contributed by atoms with van der Waals surface area (Å²) in [5.74, 6) is -14.6. The Morgan fingerprint density at radius 3 is 1.31 bits per heavy atom. The molecule has 0 bridgehead atoms. The fourth-order valence-electron chi connectivity index (χ4n) is 11.9. The minimum absolute atomic E-state index is 0.000111. The molecule has 111 heavy (non-hydrogen) atoms. The number of hydrogen-bond donors (Lipinski definition) is 18. The predicted octanol–water partition coefficient (Wildman–Crippen LogP) is 0.483. The number of halogens is 1. The minimum atomic E-state index is -4.22. The smallest absolute Gasteiger partial charge is 0.326 e. The molecule has 1 aliphatic rings. The molecule has 3 unspecified atom stereocenters. The summed E-state index contributed by atoms with van der Waals surface area (Å²) in [6, 6.07) is -3.33. The first-order valence-corrected chi connectivity index (χ1v) is 43.6. The number of unbranched alkanes of at least 4 members (excludes halogenated alkanes) is 1. The van der Waals surface area contributed by atoms with E-state index < -0.39 is 243 Å². The first-order valence-electron chi connectivity index (χ1n) is 35.6. The van der Waals surface area contributed by atoms with E-state index >= 15 is 4.11 Å². The Labute approximate surface area is 640 Å². The normalized spacial score (nSPS) is 16.4. The van der Waals surface area contributed by atoms with Crippen LogP contribution in [0.4, 0.5) is 8.90 Å². The summed E-state index contributed by atoms with van der Waals surface area (Å²) in [5, 5.41) is 91.6. The lowest BCUT2D eigenvalue weighted by atomic mass is 10.1. The molecule has 8 amide bonds. The quantitative estimate of drug-likeness (QED) is 0.0185. The second kappa shape index (κ2) is 45.1. The van der Waals surface area contributed by atoms with Gasteiger partial charge in [0.05, 0.1) is 44.4 Å². The number of hydrogen-bond acceptors (Lipinski definition) is 22. The molecule has 1 aromatic carbocycles. The number of nitrogens with zero attached hydrogens (tertiary/aromatic N) is 6. The number of carboxylic acid groups (broad SMARTS) is 7. The number of carbonyl (C=O) groups excluding carboxylic acids is 7. The van der Waals surface area contributed by atoms with Gasteiger partial charge in [0, 0.05) is 115 Å². The average molecular weight is 1660 g/mol. The average Bonchev–Trinajstić information content (AvgIpc) is 0.933. The zero-order chi connectivity index (χ0) is 83.8. The van der Waals surface area contributed by atoms with Gasteiger partial charge in [-0.3, -0.25) is 71.5 Å². The molecular formula is C65H106FN14O27P3Si. The van der Waals surface area contributed by atoms with Gasteiger partial charge in [0.2, 0.25) is 51.6 Å². The summed E-state index contributed by atoms with van der Waals surface area (Å²) in [6.07, 6.45) is -6.61. The van der Waals surface area contributed by atoms with Crippen molar-refractivity contribution < 1.29 is 135 Å². The van der Waals surface area contributed by atoms with Crippen molar-refractivity contribution in [2.45, 2.75) is 178 Å². The highest BCUT2D eigenvalue weighted by Gasteiger charge is 2.56. The van der Waals surface area contributed by atoms with Crippen molar-refractivity contribution >= 4 is 119 Å². The first kappa shape index (κ1) is 96.5. The zero-order valence-electron chi connectivity index (χ0n) is 62.8. The number of nitrogens with one attached hydrogen (secondary N) is 8. The van der Waals surface area contributed by atoms with E-state index in [1.807, 2.05) is 52.2 Å². The van der Waals surface area contributed by atoms with Crippen molar-refractivity contribution in [2.75, 3.05) is 96.2 Å². The first-order chi connectivity index (χ1) is 51.5. The standard InChI is InChI=1S/C65H106FN14O27P3Si/c1-64(2,3)111(66,65(4,5)6)44-14-12-42(13-15-44)57(91)70-37-49(80-38-43(75-76-80)36-69-52(83)22-33-108(102,103)39-77-27-29-78(40-109(104,105)34-23-55(87)88)31-32-79(30-28-77)41-110(106,107)35-24-56(89)90)58(92)72-46(60(95)96)10-7-8-25-67-50(81)19-20-51(82)68-26-9-11-45(59(93)94)71-53(84)18-16-47(61(97)98)73-63(101)74-48(62(99)100)17-21-54(85)86/h12-15,38,45-49H,7-11,16-37,39-41H2,1-6H3,(H,67,81)(H,68,82)(H,69,83)(H,70,91)(H,71,84)(H,72,92)(H,85,86)(H,87,88)(H,89,90)(H,93,94)(H,95,96)(H,97,98)(H,99,100)(H,102,103)(H,104,105)(H,106,107)(H2,73,74,101)/t45-,46-,47+,48+,49+/m1/s1. The Balaban J connectivity index is 1.64. The number of amides is 8. The Kier molecular flexibility index (Phi) is 39.3. The molecule has 1 aliphatic heterocycles. The van der Waals surface area contributed by atoms with Crippen molar-refractivity contribution in [2.24, 2.45) is 0 Å². The largest absolute Gasteiger partial charge is 0.481 e. The van der Waals surface area contributed by atoms with Gasteiger partial charge >= 0.3 is 47.8 Å².